The standard InChI is InChI=1S/C18H18BrN3O3S/c1-12(22-26(23,24)16-9-7-15(25-2)8-10-16)18-20-11-17(21-18)13-3-5-14(19)6-4-13/h3-12,22H,1-2H3,(H,20,21)/t12-/m0/s1. The van der Waals surface area contributed by atoms with E-state index in [0.29, 0.717) is 11.6 Å². The summed E-state index contributed by atoms with van der Waals surface area (Å²) in [6.45, 7) is 1.74. The highest BCUT2D eigenvalue weighted by Gasteiger charge is 2.20. The fraction of sp³-hybridized carbons (Fsp3) is 0.167. The SMILES string of the molecule is COc1ccc(S(=O)(=O)N[C@@H](C)c2ncc(-c3ccc(Br)cc3)[nH]2)cc1. The molecule has 26 heavy (non-hydrogen) atoms. The number of hydrogen-bond acceptors (Lipinski definition) is 4. The first-order valence-corrected chi connectivity index (χ1v) is 10.1. The molecule has 0 aliphatic carbocycles. The molecule has 0 fully saturated rings. The molecule has 8 heteroatoms. The van der Waals surface area contributed by atoms with Gasteiger partial charge in [0.15, 0.2) is 0 Å². The minimum Gasteiger partial charge on any atom is -0.497 e. The van der Waals surface area contributed by atoms with Gasteiger partial charge in [0.2, 0.25) is 10.0 Å². The Morgan fingerprint density at radius 3 is 2.38 bits per heavy atom. The molecule has 0 spiro atoms. The Hall–Kier alpha value is -2.16. The van der Waals surface area contributed by atoms with Crippen molar-refractivity contribution in [3.05, 3.63) is 65.0 Å². The lowest BCUT2D eigenvalue weighted by Crippen LogP contribution is -2.27. The molecule has 0 amide bonds. The summed E-state index contributed by atoms with van der Waals surface area (Å²) in [5.41, 5.74) is 1.79. The van der Waals surface area contributed by atoms with Crippen molar-refractivity contribution in [2.45, 2.75) is 17.9 Å². The largest absolute Gasteiger partial charge is 0.497 e. The number of aromatic nitrogens is 2. The van der Waals surface area contributed by atoms with Gasteiger partial charge < -0.3 is 9.72 Å². The third-order valence-corrected chi connectivity index (χ3v) is 5.95. The molecule has 1 atom stereocenters. The summed E-state index contributed by atoms with van der Waals surface area (Å²) < 4.78 is 33.7. The van der Waals surface area contributed by atoms with Crippen molar-refractivity contribution in [3.8, 4) is 17.0 Å². The molecule has 136 valence electrons. The molecule has 2 aromatic carbocycles. The van der Waals surface area contributed by atoms with Crippen LogP contribution in [-0.4, -0.2) is 25.5 Å². The molecular weight excluding hydrogens is 418 g/mol. The highest BCUT2D eigenvalue weighted by atomic mass is 79.9. The topological polar surface area (TPSA) is 84.1 Å². The second-order valence-corrected chi connectivity index (χ2v) is 8.34. The third-order valence-electron chi connectivity index (χ3n) is 3.86. The van der Waals surface area contributed by atoms with Gasteiger partial charge in [0.05, 0.1) is 29.9 Å². The molecule has 2 N–H and O–H groups in total. The number of ether oxygens (including phenoxy) is 1. The summed E-state index contributed by atoms with van der Waals surface area (Å²) in [5, 5.41) is 0. The molecule has 0 radical (unpaired) electrons. The Labute approximate surface area is 160 Å². The fourth-order valence-electron chi connectivity index (χ4n) is 2.44. The molecule has 0 saturated carbocycles. The van der Waals surface area contributed by atoms with Gasteiger partial charge in [0, 0.05) is 4.47 Å². The molecule has 0 bridgehead atoms. The number of halogens is 1. The van der Waals surface area contributed by atoms with Gasteiger partial charge in [-0.15, -0.1) is 0 Å². The quantitative estimate of drug-likeness (QED) is 0.614. The molecule has 0 aliphatic heterocycles. The zero-order chi connectivity index (χ0) is 18.7. The average Bonchev–Trinajstić information content (AvgIpc) is 3.12. The first-order chi connectivity index (χ1) is 12.4. The van der Waals surface area contributed by atoms with Crippen molar-refractivity contribution >= 4 is 26.0 Å². The first kappa shape index (κ1) is 18.6. The van der Waals surface area contributed by atoms with Crippen molar-refractivity contribution < 1.29 is 13.2 Å². The van der Waals surface area contributed by atoms with E-state index in [9.17, 15) is 8.42 Å². The van der Waals surface area contributed by atoms with Gasteiger partial charge in [-0.2, -0.15) is 0 Å². The number of benzene rings is 2. The van der Waals surface area contributed by atoms with Crippen molar-refractivity contribution in [3.63, 3.8) is 0 Å². The number of nitrogens with zero attached hydrogens (tertiary/aromatic N) is 1. The maximum atomic E-state index is 12.5. The maximum absolute atomic E-state index is 12.5. The van der Waals surface area contributed by atoms with E-state index in [1.807, 2.05) is 24.3 Å². The fourth-order valence-corrected chi connectivity index (χ4v) is 3.92. The molecule has 0 aliphatic rings. The third kappa shape index (κ3) is 4.14. The molecular formula is C18H18BrN3O3S. The van der Waals surface area contributed by atoms with Crippen LogP contribution in [0.25, 0.3) is 11.3 Å². The Bertz CT molecular complexity index is 983. The molecule has 1 heterocycles. The minimum atomic E-state index is -3.67. The number of methoxy groups -OCH3 is 1. The van der Waals surface area contributed by atoms with E-state index < -0.39 is 16.1 Å². The van der Waals surface area contributed by atoms with E-state index in [4.69, 9.17) is 4.74 Å². The van der Waals surface area contributed by atoms with E-state index in [1.54, 1.807) is 25.3 Å². The minimum absolute atomic E-state index is 0.171. The summed E-state index contributed by atoms with van der Waals surface area (Å²) in [6.07, 6.45) is 1.69. The van der Waals surface area contributed by atoms with Crippen LogP contribution >= 0.6 is 15.9 Å². The van der Waals surface area contributed by atoms with Crippen LogP contribution in [0.15, 0.2) is 64.1 Å². The average molecular weight is 436 g/mol. The summed E-state index contributed by atoms with van der Waals surface area (Å²) in [7, 11) is -2.13. The monoisotopic (exact) mass is 435 g/mol. The lowest BCUT2D eigenvalue weighted by Gasteiger charge is -2.12. The van der Waals surface area contributed by atoms with Gasteiger partial charge in [-0.3, -0.25) is 0 Å². The zero-order valence-corrected chi connectivity index (χ0v) is 16.6. The van der Waals surface area contributed by atoms with Gasteiger partial charge in [-0.1, -0.05) is 28.1 Å². The lowest BCUT2D eigenvalue weighted by atomic mass is 10.2. The maximum Gasteiger partial charge on any atom is 0.241 e. The number of rotatable bonds is 6. The van der Waals surface area contributed by atoms with Crippen LogP contribution in [-0.2, 0) is 10.0 Å². The predicted octanol–water partition coefficient (Wildman–Crippen LogP) is 3.89. The van der Waals surface area contributed by atoms with E-state index >= 15 is 0 Å². The van der Waals surface area contributed by atoms with Crippen molar-refractivity contribution in [1.29, 1.82) is 0 Å². The molecule has 3 aromatic rings. The summed E-state index contributed by atoms with van der Waals surface area (Å²) in [5.74, 6) is 1.14. The second kappa shape index (κ2) is 7.61. The van der Waals surface area contributed by atoms with Crippen molar-refractivity contribution in [2.75, 3.05) is 7.11 Å². The number of sulfonamides is 1. The molecule has 1 aromatic heterocycles. The number of nitrogens with one attached hydrogen (secondary N) is 2. The number of H-pyrrole nitrogens is 1. The lowest BCUT2D eigenvalue weighted by molar-refractivity contribution is 0.414. The number of aromatic amines is 1. The summed E-state index contributed by atoms with van der Waals surface area (Å²) in [6, 6.07) is 13.5. The Morgan fingerprint density at radius 1 is 1.12 bits per heavy atom. The van der Waals surface area contributed by atoms with Crippen LogP contribution in [0.2, 0.25) is 0 Å². The predicted molar refractivity (Wildman–Crippen MR) is 103 cm³/mol. The Morgan fingerprint density at radius 2 is 1.77 bits per heavy atom. The van der Waals surface area contributed by atoms with Gasteiger partial charge >= 0.3 is 0 Å². The number of hydrogen-bond donors (Lipinski definition) is 2. The van der Waals surface area contributed by atoms with E-state index in [1.165, 1.54) is 19.2 Å². The van der Waals surface area contributed by atoms with Crippen LogP contribution in [0.1, 0.15) is 18.8 Å². The zero-order valence-electron chi connectivity index (χ0n) is 14.2. The van der Waals surface area contributed by atoms with Gasteiger partial charge in [0.25, 0.3) is 0 Å². The van der Waals surface area contributed by atoms with Gasteiger partial charge in [-0.25, -0.2) is 18.1 Å². The summed E-state index contributed by atoms with van der Waals surface area (Å²) in [4.78, 5) is 7.64. The first-order valence-electron chi connectivity index (χ1n) is 7.86. The van der Waals surface area contributed by atoms with E-state index in [2.05, 4.69) is 30.6 Å². The molecule has 0 unspecified atom stereocenters. The van der Waals surface area contributed by atoms with Crippen LogP contribution < -0.4 is 9.46 Å². The van der Waals surface area contributed by atoms with Crippen molar-refractivity contribution in [2.24, 2.45) is 0 Å². The number of imidazole rings is 1. The normalized spacial score (nSPS) is 12.7. The van der Waals surface area contributed by atoms with Crippen LogP contribution in [0, 0.1) is 0 Å². The van der Waals surface area contributed by atoms with Crippen LogP contribution in [0.3, 0.4) is 0 Å². The van der Waals surface area contributed by atoms with Crippen LogP contribution in [0.4, 0.5) is 0 Å². The van der Waals surface area contributed by atoms with Crippen molar-refractivity contribution in [1.82, 2.24) is 14.7 Å². The molecule has 3 rings (SSSR count). The van der Waals surface area contributed by atoms with Crippen LogP contribution in [0.5, 0.6) is 5.75 Å². The Kier molecular flexibility index (Phi) is 5.45. The Balaban J connectivity index is 1.76. The van der Waals surface area contributed by atoms with E-state index in [-0.39, 0.29) is 4.90 Å². The van der Waals surface area contributed by atoms with Gasteiger partial charge in [-0.05, 0) is 48.9 Å². The molecule has 6 nitrogen and oxygen atoms in total. The van der Waals surface area contributed by atoms with E-state index in [0.717, 1.165) is 15.7 Å². The summed E-state index contributed by atoms with van der Waals surface area (Å²) >= 11 is 3.40. The highest BCUT2D eigenvalue weighted by Crippen LogP contribution is 2.23. The highest BCUT2D eigenvalue weighted by molar-refractivity contribution is 9.10. The second-order valence-electron chi connectivity index (χ2n) is 5.71. The molecule has 0 saturated heterocycles. The smallest absolute Gasteiger partial charge is 0.241 e. The van der Waals surface area contributed by atoms with Gasteiger partial charge in [0.1, 0.15) is 11.6 Å².